The molecule has 2 N–H and O–H groups in total. The summed E-state index contributed by atoms with van der Waals surface area (Å²) in [5.74, 6) is 1.65. The maximum atomic E-state index is 11.2. The van der Waals surface area contributed by atoms with E-state index in [-0.39, 0.29) is 5.69 Å². The molecule has 0 unspecified atom stereocenters. The summed E-state index contributed by atoms with van der Waals surface area (Å²) >= 11 is 1.74. The number of carbonyl (C=O) groups excluding carboxylic acids is 1. The van der Waals surface area contributed by atoms with Crippen molar-refractivity contribution in [3.05, 3.63) is 24.7 Å². The number of anilines is 1. The molecule has 1 heterocycles. The third-order valence-electron chi connectivity index (χ3n) is 1.97. The number of hydrogen-bond donors (Lipinski definition) is 1. The van der Waals surface area contributed by atoms with Crippen LogP contribution in [0.5, 0.6) is 0 Å². The topological polar surface area (TPSA) is 70.1 Å². The first-order valence-electron chi connectivity index (χ1n) is 4.78. The van der Waals surface area contributed by atoms with Crippen molar-refractivity contribution in [1.29, 1.82) is 0 Å². The molecular weight excluding hydrogens is 226 g/mol. The van der Waals surface area contributed by atoms with Gasteiger partial charge in [0, 0.05) is 18.1 Å². The number of esters is 1. The lowest BCUT2D eigenvalue weighted by molar-refractivity contribution is 0.0596. The molecular formula is C10H15N3O2S. The van der Waals surface area contributed by atoms with Gasteiger partial charge in [-0.3, -0.25) is 0 Å². The fourth-order valence-corrected chi connectivity index (χ4v) is 1.81. The van der Waals surface area contributed by atoms with Crippen molar-refractivity contribution in [2.24, 2.45) is 0 Å². The number of nitrogens with two attached hydrogens (primary N) is 1. The first-order chi connectivity index (χ1) is 7.70. The van der Waals surface area contributed by atoms with Gasteiger partial charge < -0.3 is 15.0 Å². The minimum Gasteiger partial charge on any atom is -0.464 e. The Morgan fingerprint density at radius 1 is 1.81 bits per heavy atom. The summed E-state index contributed by atoms with van der Waals surface area (Å²) < 4.78 is 6.30. The molecule has 0 atom stereocenters. The Bertz CT molecular complexity index is 376. The van der Waals surface area contributed by atoms with Crippen LogP contribution in [0.15, 0.2) is 19.0 Å². The molecule has 0 radical (unpaired) electrons. The number of thioether (sulfide) groups is 1. The van der Waals surface area contributed by atoms with Gasteiger partial charge in [-0.15, -0.1) is 6.58 Å². The number of hydrogen-bond acceptors (Lipinski definition) is 5. The van der Waals surface area contributed by atoms with Gasteiger partial charge in [0.1, 0.15) is 5.82 Å². The summed E-state index contributed by atoms with van der Waals surface area (Å²) in [6.07, 6.45) is 3.40. The van der Waals surface area contributed by atoms with Crippen molar-refractivity contribution < 1.29 is 9.53 Å². The quantitative estimate of drug-likeness (QED) is 0.460. The number of methoxy groups -OCH3 is 1. The number of ether oxygens (including phenoxy) is 1. The standard InChI is InChI=1S/C10H15N3O2S/c1-3-5-16-6-4-13-7-12-8(9(13)11)10(14)15-2/h3,7H,1,4-6,11H2,2H3. The molecule has 0 aliphatic rings. The molecule has 5 nitrogen and oxygen atoms in total. The van der Waals surface area contributed by atoms with Crippen LogP contribution in [0.2, 0.25) is 0 Å². The molecule has 0 saturated heterocycles. The number of aromatic nitrogens is 2. The van der Waals surface area contributed by atoms with E-state index < -0.39 is 5.97 Å². The molecule has 88 valence electrons. The Hall–Kier alpha value is -1.43. The van der Waals surface area contributed by atoms with Crippen LogP contribution in [0.3, 0.4) is 0 Å². The first kappa shape index (κ1) is 12.6. The number of carbonyl (C=O) groups is 1. The molecule has 16 heavy (non-hydrogen) atoms. The van der Waals surface area contributed by atoms with E-state index in [1.54, 1.807) is 22.7 Å². The molecule has 0 spiro atoms. The van der Waals surface area contributed by atoms with E-state index in [2.05, 4.69) is 16.3 Å². The van der Waals surface area contributed by atoms with Gasteiger partial charge in [0.15, 0.2) is 5.69 Å². The van der Waals surface area contributed by atoms with Gasteiger partial charge in [0.25, 0.3) is 0 Å². The number of rotatable bonds is 6. The molecule has 1 aromatic heterocycles. The predicted molar refractivity (Wildman–Crippen MR) is 65.5 cm³/mol. The second kappa shape index (κ2) is 6.22. The lowest BCUT2D eigenvalue weighted by Crippen LogP contribution is -2.09. The monoisotopic (exact) mass is 241 g/mol. The zero-order valence-corrected chi connectivity index (χ0v) is 10.00. The van der Waals surface area contributed by atoms with Gasteiger partial charge in [-0.2, -0.15) is 11.8 Å². The van der Waals surface area contributed by atoms with Gasteiger partial charge in [-0.05, 0) is 0 Å². The Kier molecular flexibility index (Phi) is 4.91. The van der Waals surface area contributed by atoms with Crippen molar-refractivity contribution in [1.82, 2.24) is 9.55 Å². The summed E-state index contributed by atoms with van der Waals surface area (Å²) in [6, 6.07) is 0. The average Bonchev–Trinajstić information content (AvgIpc) is 2.65. The zero-order chi connectivity index (χ0) is 12.0. The van der Waals surface area contributed by atoms with Crippen molar-refractivity contribution in [3.8, 4) is 0 Å². The largest absolute Gasteiger partial charge is 0.464 e. The van der Waals surface area contributed by atoms with Crippen molar-refractivity contribution in [3.63, 3.8) is 0 Å². The van der Waals surface area contributed by atoms with Crippen LogP contribution in [0.1, 0.15) is 10.5 Å². The number of imidazole rings is 1. The van der Waals surface area contributed by atoms with Gasteiger partial charge in [-0.1, -0.05) is 6.08 Å². The van der Waals surface area contributed by atoms with E-state index in [0.29, 0.717) is 12.4 Å². The average molecular weight is 241 g/mol. The molecule has 0 bridgehead atoms. The zero-order valence-electron chi connectivity index (χ0n) is 9.18. The second-order valence-electron chi connectivity index (χ2n) is 3.03. The van der Waals surface area contributed by atoms with Crippen LogP contribution in [0.4, 0.5) is 5.82 Å². The minimum absolute atomic E-state index is 0.177. The Morgan fingerprint density at radius 3 is 3.19 bits per heavy atom. The highest BCUT2D eigenvalue weighted by Crippen LogP contribution is 2.12. The lowest BCUT2D eigenvalue weighted by Gasteiger charge is -2.04. The Balaban J connectivity index is 2.58. The molecule has 0 aromatic carbocycles. The summed E-state index contributed by atoms with van der Waals surface area (Å²) in [4.78, 5) is 15.1. The summed E-state index contributed by atoms with van der Waals surface area (Å²) in [5, 5.41) is 0. The SMILES string of the molecule is C=CCSCCn1cnc(C(=O)OC)c1N. The minimum atomic E-state index is -0.505. The molecule has 0 saturated carbocycles. The highest BCUT2D eigenvalue weighted by atomic mass is 32.2. The van der Waals surface area contributed by atoms with E-state index in [1.807, 2.05) is 6.08 Å². The molecule has 0 aliphatic carbocycles. The van der Waals surface area contributed by atoms with Gasteiger partial charge >= 0.3 is 5.97 Å². The predicted octanol–water partition coefficient (Wildman–Crippen LogP) is 1.17. The third kappa shape index (κ3) is 3.03. The third-order valence-corrected chi connectivity index (χ3v) is 2.91. The normalized spacial score (nSPS) is 10.1. The summed E-state index contributed by atoms with van der Waals surface area (Å²) in [6.45, 7) is 4.35. The van der Waals surface area contributed by atoms with Crippen molar-refractivity contribution >= 4 is 23.5 Å². The van der Waals surface area contributed by atoms with Crippen LogP contribution >= 0.6 is 11.8 Å². The first-order valence-corrected chi connectivity index (χ1v) is 5.93. The second-order valence-corrected chi connectivity index (χ2v) is 4.18. The van der Waals surface area contributed by atoms with Crippen LogP contribution in [-0.4, -0.2) is 34.1 Å². The smallest absolute Gasteiger partial charge is 0.360 e. The van der Waals surface area contributed by atoms with Crippen LogP contribution < -0.4 is 5.73 Å². The van der Waals surface area contributed by atoms with Crippen LogP contribution in [-0.2, 0) is 11.3 Å². The molecule has 0 amide bonds. The van der Waals surface area contributed by atoms with Gasteiger partial charge in [0.05, 0.1) is 13.4 Å². The Labute approximate surface area is 98.7 Å². The van der Waals surface area contributed by atoms with E-state index in [0.717, 1.165) is 11.5 Å². The Morgan fingerprint density at radius 2 is 2.56 bits per heavy atom. The lowest BCUT2D eigenvalue weighted by atomic mass is 10.4. The van der Waals surface area contributed by atoms with E-state index >= 15 is 0 Å². The highest BCUT2D eigenvalue weighted by molar-refractivity contribution is 7.99. The summed E-state index contributed by atoms with van der Waals surface area (Å²) in [5.41, 5.74) is 5.94. The van der Waals surface area contributed by atoms with E-state index in [9.17, 15) is 4.79 Å². The van der Waals surface area contributed by atoms with Gasteiger partial charge in [0.2, 0.25) is 0 Å². The molecule has 6 heteroatoms. The van der Waals surface area contributed by atoms with Crippen molar-refractivity contribution in [2.45, 2.75) is 6.54 Å². The van der Waals surface area contributed by atoms with Crippen LogP contribution in [0.25, 0.3) is 0 Å². The molecule has 1 rings (SSSR count). The maximum Gasteiger partial charge on any atom is 0.360 e. The molecule has 0 fully saturated rings. The molecule has 1 aromatic rings. The van der Waals surface area contributed by atoms with E-state index in [1.165, 1.54) is 7.11 Å². The number of nitrogens with zero attached hydrogens (tertiary/aromatic N) is 2. The van der Waals surface area contributed by atoms with Gasteiger partial charge in [-0.25, -0.2) is 9.78 Å². The maximum absolute atomic E-state index is 11.2. The number of aryl methyl sites for hydroxylation is 1. The molecule has 0 aliphatic heterocycles. The van der Waals surface area contributed by atoms with Crippen LogP contribution in [0, 0.1) is 0 Å². The van der Waals surface area contributed by atoms with E-state index in [4.69, 9.17) is 5.73 Å². The highest BCUT2D eigenvalue weighted by Gasteiger charge is 2.15. The number of nitrogen functional groups attached to an aromatic ring is 1. The fraction of sp³-hybridized carbons (Fsp3) is 0.400. The fourth-order valence-electron chi connectivity index (χ4n) is 1.15. The summed E-state index contributed by atoms with van der Waals surface area (Å²) in [7, 11) is 1.31. The van der Waals surface area contributed by atoms with Crippen molar-refractivity contribution in [2.75, 3.05) is 24.3 Å².